The fourth-order valence-electron chi connectivity index (χ4n) is 2.38. The van der Waals surface area contributed by atoms with Crippen molar-refractivity contribution in [3.63, 3.8) is 0 Å². The van der Waals surface area contributed by atoms with E-state index < -0.39 is 0 Å². The van der Waals surface area contributed by atoms with Gasteiger partial charge in [-0.25, -0.2) is 9.97 Å². The maximum atomic E-state index is 5.55. The van der Waals surface area contributed by atoms with Crippen molar-refractivity contribution in [3.05, 3.63) is 33.9 Å². The lowest BCUT2D eigenvalue weighted by atomic mass is 9.95. The monoisotopic (exact) mass is 320 g/mol. The third-order valence-corrected chi connectivity index (χ3v) is 5.62. The maximum Gasteiger partial charge on any atom is 0.196 e. The Hall–Kier alpha value is -1.16. The van der Waals surface area contributed by atoms with E-state index in [2.05, 4.69) is 57.7 Å². The Morgan fingerprint density at radius 3 is 2.23 bits per heavy atom. The predicted molar refractivity (Wildman–Crippen MR) is 92.9 cm³/mol. The average Bonchev–Trinajstić information content (AvgIpc) is 3.12. The number of hydrogen-bond donors (Lipinski definition) is 0. The highest BCUT2D eigenvalue weighted by Crippen LogP contribution is 2.32. The molecule has 0 aromatic carbocycles. The van der Waals surface area contributed by atoms with Gasteiger partial charge in [0.25, 0.3) is 0 Å². The van der Waals surface area contributed by atoms with Crippen molar-refractivity contribution in [2.45, 2.75) is 78.1 Å². The van der Waals surface area contributed by atoms with Crippen molar-refractivity contribution in [3.8, 4) is 0 Å². The van der Waals surface area contributed by atoms with Gasteiger partial charge in [0.05, 0.1) is 10.7 Å². The van der Waals surface area contributed by atoms with Crippen molar-refractivity contribution >= 4 is 11.3 Å². The van der Waals surface area contributed by atoms with Gasteiger partial charge >= 0.3 is 0 Å². The zero-order valence-electron chi connectivity index (χ0n) is 14.6. The Balaban J connectivity index is 1.90. The summed E-state index contributed by atoms with van der Waals surface area (Å²) >= 11 is 1.86. The number of aromatic nitrogens is 2. The lowest BCUT2D eigenvalue weighted by Gasteiger charge is -2.12. The normalized spacial score (nSPS) is 14.7. The van der Waals surface area contributed by atoms with Gasteiger partial charge in [-0.2, -0.15) is 0 Å². The maximum absolute atomic E-state index is 5.55. The molecule has 0 fully saturated rings. The lowest BCUT2D eigenvalue weighted by Crippen LogP contribution is -1.99. The van der Waals surface area contributed by atoms with Crippen LogP contribution in [0.4, 0.5) is 0 Å². The van der Waals surface area contributed by atoms with Gasteiger partial charge in [-0.3, -0.25) is 0 Å². The van der Waals surface area contributed by atoms with Gasteiger partial charge in [0.15, 0.2) is 5.89 Å². The molecule has 2 unspecified atom stereocenters. The highest BCUT2D eigenvalue weighted by atomic mass is 32.1. The minimum Gasteiger partial charge on any atom is -0.448 e. The van der Waals surface area contributed by atoms with E-state index in [1.807, 2.05) is 17.6 Å². The highest BCUT2D eigenvalue weighted by Gasteiger charge is 2.17. The van der Waals surface area contributed by atoms with Crippen LogP contribution in [-0.4, -0.2) is 9.97 Å². The minimum atomic E-state index is 0.353. The fourth-order valence-corrected chi connectivity index (χ4v) is 3.38. The Bertz CT molecular complexity index is 533. The number of oxazole rings is 1. The molecule has 0 amide bonds. The highest BCUT2D eigenvalue weighted by molar-refractivity contribution is 7.11. The van der Waals surface area contributed by atoms with Crippen LogP contribution in [0.5, 0.6) is 0 Å². The van der Waals surface area contributed by atoms with E-state index in [0.717, 1.165) is 24.4 Å². The lowest BCUT2D eigenvalue weighted by molar-refractivity contribution is 0.470. The predicted octanol–water partition coefficient (Wildman–Crippen LogP) is 6.07. The first-order valence-corrected chi connectivity index (χ1v) is 9.11. The third kappa shape index (κ3) is 4.19. The summed E-state index contributed by atoms with van der Waals surface area (Å²) in [5, 5.41) is 1.24. The van der Waals surface area contributed by atoms with E-state index in [0.29, 0.717) is 23.7 Å². The van der Waals surface area contributed by atoms with Gasteiger partial charge in [0.1, 0.15) is 6.26 Å². The molecule has 0 aliphatic rings. The second kappa shape index (κ2) is 7.40. The molecule has 2 aromatic rings. The molecular formula is C18H28N2OS. The van der Waals surface area contributed by atoms with E-state index in [4.69, 9.17) is 4.42 Å². The summed E-state index contributed by atoms with van der Waals surface area (Å²) in [6.45, 7) is 13.2. The average molecular weight is 321 g/mol. The van der Waals surface area contributed by atoms with Crippen LogP contribution in [0.25, 0.3) is 0 Å². The van der Waals surface area contributed by atoms with Crippen LogP contribution in [0.15, 0.2) is 16.9 Å². The van der Waals surface area contributed by atoms with Gasteiger partial charge in [-0.05, 0) is 18.8 Å². The molecule has 0 aliphatic heterocycles. The quantitative estimate of drug-likeness (QED) is 0.622. The first-order chi connectivity index (χ1) is 10.4. The molecule has 0 saturated carbocycles. The van der Waals surface area contributed by atoms with E-state index in [-0.39, 0.29) is 0 Å². The number of rotatable bonds is 7. The summed E-state index contributed by atoms with van der Waals surface area (Å²) in [6.07, 6.45) is 6.17. The molecule has 2 rings (SSSR count). The Kier molecular flexibility index (Phi) is 5.79. The summed E-state index contributed by atoms with van der Waals surface area (Å²) in [5.41, 5.74) is 1.09. The van der Waals surface area contributed by atoms with Gasteiger partial charge < -0.3 is 4.42 Å². The van der Waals surface area contributed by atoms with Crippen LogP contribution in [0.3, 0.4) is 0 Å². The molecule has 122 valence electrons. The Morgan fingerprint density at radius 2 is 1.68 bits per heavy atom. The molecule has 0 bridgehead atoms. The molecule has 2 atom stereocenters. The minimum absolute atomic E-state index is 0.353. The van der Waals surface area contributed by atoms with E-state index in [1.165, 1.54) is 9.88 Å². The van der Waals surface area contributed by atoms with Crippen molar-refractivity contribution in [2.24, 2.45) is 0 Å². The first-order valence-electron chi connectivity index (χ1n) is 8.29. The fraction of sp³-hybridized carbons (Fsp3) is 0.667. The molecule has 2 aromatic heterocycles. The zero-order chi connectivity index (χ0) is 16.3. The molecule has 0 N–H and O–H groups in total. The Morgan fingerprint density at radius 1 is 1.00 bits per heavy atom. The second-order valence-electron chi connectivity index (χ2n) is 6.90. The third-order valence-electron chi connectivity index (χ3n) is 4.09. The smallest absolute Gasteiger partial charge is 0.196 e. The van der Waals surface area contributed by atoms with Crippen molar-refractivity contribution in [2.75, 3.05) is 0 Å². The topological polar surface area (TPSA) is 38.9 Å². The SMILES string of the molecule is CC(C)c1nc(C(C)CCC(C)c2cnc(C(C)C)s2)co1. The molecule has 3 nitrogen and oxygen atoms in total. The molecule has 0 aliphatic carbocycles. The van der Waals surface area contributed by atoms with Crippen LogP contribution in [0.2, 0.25) is 0 Å². The first kappa shape index (κ1) is 17.2. The largest absolute Gasteiger partial charge is 0.448 e. The molecule has 22 heavy (non-hydrogen) atoms. The van der Waals surface area contributed by atoms with Crippen molar-refractivity contribution < 1.29 is 4.42 Å². The van der Waals surface area contributed by atoms with Gasteiger partial charge in [0, 0.05) is 28.8 Å². The van der Waals surface area contributed by atoms with Crippen molar-refractivity contribution in [1.82, 2.24) is 9.97 Å². The summed E-state index contributed by atoms with van der Waals surface area (Å²) in [7, 11) is 0. The molecule has 0 spiro atoms. The van der Waals surface area contributed by atoms with Crippen LogP contribution >= 0.6 is 11.3 Å². The molecule has 0 saturated heterocycles. The van der Waals surface area contributed by atoms with Crippen LogP contribution in [0.1, 0.15) is 99.5 Å². The molecule has 2 heterocycles. The molecular weight excluding hydrogens is 292 g/mol. The Labute approximate surface area is 138 Å². The van der Waals surface area contributed by atoms with Crippen LogP contribution < -0.4 is 0 Å². The molecule has 4 heteroatoms. The van der Waals surface area contributed by atoms with Gasteiger partial charge in [-0.15, -0.1) is 11.3 Å². The van der Waals surface area contributed by atoms with Crippen LogP contribution in [-0.2, 0) is 0 Å². The number of hydrogen-bond acceptors (Lipinski definition) is 4. The van der Waals surface area contributed by atoms with Crippen molar-refractivity contribution in [1.29, 1.82) is 0 Å². The summed E-state index contributed by atoms with van der Waals surface area (Å²) in [6, 6.07) is 0. The number of nitrogens with zero attached hydrogens (tertiary/aromatic N) is 2. The summed E-state index contributed by atoms with van der Waals surface area (Å²) in [5.74, 6) is 2.72. The second-order valence-corrected chi connectivity index (χ2v) is 7.99. The number of thiazole rings is 1. The standard InChI is InChI=1S/C18H28N2OS/c1-11(2)17-20-15(10-21-17)13(5)7-8-14(6)16-9-19-18(22-16)12(3)4/h9-14H,7-8H2,1-6H3. The van der Waals surface area contributed by atoms with Gasteiger partial charge in [0.2, 0.25) is 0 Å². The van der Waals surface area contributed by atoms with Gasteiger partial charge in [-0.1, -0.05) is 41.5 Å². The van der Waals surface area contributed by atoms with E-state index in [1.54, 1.807) is 0 Å². The van der Waals surface area contributed by atoms with Crippen LogP contribution in [0, 0.1) is 0 Å². The van der Waals surface area contributed by atoms with E-state index in [9.17, 15) is 0 Å². The summed E-state index contributed by atoms with van der Waals surface area (Å²) in [4.78, 5) is 10.5. The molecule has 0 radical (unpaired) electrons. The van der Waals surface area contributed by atoms with E-state index >= 15 is 0 Å². The zero-order valence-corrected chi connectivity index (χ0v) is 15.4. The summed E-state index contributed by atoms with van der Waals surface area (Å²) < 4.78 is 5.55.